The van der Waals surface area contributed by atoms with Crippen LogP contribution < -0.4 is 16.5 Å². The number of anilines is 1. The van der Waals surface area contributed by atoms with Gasteiger partial charge in [-0.2, -0.15) is 5.10 Å². The Hall–Kier alpha value is -1.62. The summed E-state index contributed by atoms with van der Waals surface area (Å²) < 4.78 is 0. The molecule has 0 amide bonds. The van der Waals surface area contributed by atoms with Crippen LogP contribution in [0.2, 0.25) is 0 Å². The van der Waals surface area contributed by atoms with Gasteiger partial charge in [0, 0.05) is 11.7 Å². The largest absolute Gasteiger partial charge is 0.399 e. The first kappa shape index (κ1) is 16.7. The summed E-state index contributed by atoms with van der Waals surface area (Å²) in [6.45, 7) is 6.57. The molecule has 1 fully saturated rings. The lowest BCUT2D eigenvalue weighted by Crippen LogP contribution is -2.46. The van der Waals surface area contributed by atoms with Crippen LogP contribution in [0.3, 0.4) is 0 Å². The van der Waals surface area contributed by atoms with Gasteiger partial charge < -0.3 is 11.1 Å². The topological polar surface area (TPSA) is 62.4 Å². The summed E-state index contributed by atoms with van der Waals surface area (Å²) in [6, 6.07) is 8.09. The number of hydrazone groups is 1. The van der Waals surface area contributed by atoms with Gasteiger partial charge in [-0.15, -0.1) is 0 Å². The summed E-state index contributed by atoms with van der Waals surface area (Å²) in [5.74, 6) is 1.38. The number of nitrogens with zero attached hydrogens (tertiary/aromatic N) is 1. The second-order valence-corrected chi connectivity index (χ2v) is 6.69. The van der Waals surface area contributed by atoms with Crippen LogP contribution in [0.25, 0.3) is 0 Å². The number of thiocarbonyl (C=S) groups is 1. The van der Waals surface area contributed by atoms with Crippen LogP contribution in [0.4, 0.5) is 5.69 Å². The average Bonchev–Trinajstić information content (AvgIpc) is 2.50. The third kappa shape index (κ3) is 4.44. The summed E-state index contributed by atoms with van der Waals surface area (Å²) in [5, 5.41) is 8.36. The molecular formula is C17H26N4S. The summed E-state index contributed by atoms with van der Waals surface area (Å²) in [5.41, 5.74) is 11.3. The van der Waals surface area contributed by atoms with Crippen LogP contribution in [0.1, 0.15) is 45.6 Å². The Labute approximate surface area is 138 Å². The van der Waals surface area contributed by atoms with Gasteiger partial charge in [-0.1, -0.05) is 38.8 Å². The molecule has 0 aliphatic heterocycles. The molecule has 0 radical (unpaired) electrons. The monoisotopic (exact) mass is 318 g/mol. The predicted molar refractivity (Wildman–Crippen MR) is 97.9 cm³/mol. The maximum atomic E-state index is 5.69. The van der Waals surface area contributed by atoms with E-state index in [-0.39, 0.29) is 0 Å². The van der Waals surface area contributed by atoms with Crippen molar-refractivity contribution in [1.82, 2.24) is 10.7 Å². The number of rotatable bonds is 3. The molecule has 22 heavy (non-hydrogen) atoms. The maximum Gasteiger partial charge on any atom is 0.187 e. The molecule has 1 aliphatic rings. The Bertz CT molecular complexity index is 538. The van der Waals surface area contributed by atoms with Gasteiger partial charge in [0.15, 0.2) is 5.11 Å². The second kappa shape index (κ2) is 7.58. The lowest BCUT2D eigenvalue weighted by Gasteiger charge is -2.35. The molecule has 0 spiro atoms. The lowest BCUT2D eigenvalue weighted by molar-refractivity contribution is 0.224. The molecule has 1 aromatic rings. The fourth-order valence-corrected chi connectivity index (χ4v) is 3.11. The molecule has 0 saturated heterocycles. The third-order valence-electron chi connectivity index (χ3n) is 4.68. The summed E-state index contributed by atoms with van der Waals surface area (Å²) in [7, 11) is 0. The lowest BCUT2D eigenvalue weighted by atomic mass is 9.78. The van der Waals surface area contributed by atoms with Crippen molar-refractivity contribution in [2.45, 2.75) is 46.1 Å². The first-order chi connectivity index (χ1) is 10.5. The third-order valence-corrected chi connectivity index (χ3v) is 4.89. The molecule has 1 aromatic carbocycles. The number of nitrogens with one attached hydrogen (secondary N) is 2. The Balaban J connectivity index is 1.89. The number of nitrogen functional groups attached to an aromatic ring is 1. The van der Waals surface area contributed by atoms with Crippen molar-refractivity contribution in [2.24, 2.45) is 16.9 Å². The fraction of sp³-hybridized carbons (Fsp3) is 0.529. The molecule has 1 saturated carbocycles. The van der Waals surface area contributed by atoms with Crippen LogP contribution in [-0.4, -0.2) is 16.9 Å². The molecule has 2 rings (SSSR count). The van der Waals surface area contributed by atoms with Crippen molar-refractivity contribution in [3.63, 3.8) is 0 Å². The molecule has 5 heteroatoms. The molecule has 0 heterocycles. The minimum atomic E-state index is 0.441. The van der Waals surface area contributed by atoms with Crippen LogP contribution in [0.15, 0.2) is 29.4 Å². The zero-order chi connectivity index (χ0) is 16.1. The van der Waals surface area contributed by atoms with E-state index in [4.69, 9.17) is 18.0 Å². The van der Waals surface area contributed by atoms with Crippen molar-refractivity contribution < 1.29 is 0 Å². The molecule has 3 atom stereocenters. The van der Waals surface area contributed by atoms with Crippen LogP contribution in [0, 0.1) is 11.8 Å². The van der Waals surface area contributed by atoms with Crippen molar-refractivity contribution in [1.29, 1.82) is 0 Å². The summed E-state index contributed by atoms with van der Waals surface area (Å²) >= 11 is 5.37. The van der Waals surface area contributed by atoms with E-state index in [1.165, 1.54) is 19.3 Å². The molecule has 4 nitrogen and oxygen atoms in total. The van der Waals surface area contributed by atoms with Gasteiger partial charge in [0.25, 0.3) is 0 Å². The number of hydrogen-bond acceptors (Lipinski definition) is 3. The van der Waals surface area contributed by atoms with Crippen LogP contribution in [0.5, 0.6) is 0 Å². The zero-order valence-corrected chi connectivity index (χ0v) is 14.4. The van der Waals surface area contributed by atoms with E-state index < -0.39 is 0 Å². The first-order valence-electron chi connectivity index (χ1n) is 7.94. The minimum Gasteiger partial charge on any atom is -0.399 e. The van der Waals surface area contributed by atoms with Crippen LogP contribution in [-0.2, 0) is 0 Å². The smallest absolute Gasteiger partial charge is 0.187 e. The van der Waals surface area contributed by atoms with Gasteiger partial charge in [-0.25, -0.2) is 0 Å². The quantitative estimate of drug-likeness (QED) is 0.346. The van der Waals surface area contributed by atoms with Gasteiger partial charge >= 0.3 is 0 Å². The molecule has 4 N–H and O–H groups in total. The Kier molecular flexibility index (Phi) is 5.77. The van der Waals surface area contributed by atoms with Gasteiger partial charge in [0.05, 0.1) is 5.71 Å². The van der Waals surface area contributed by atoms with Crippen molar-refractivity contribution in [3.8, 4) is 0 Å². The van der Waals surface area contributed by atoms with E-state index >= 15 is 0 Å². The minimum absolute atomic E-state index is 0.441. The van der Waals surface area contributed by atoms with Gasteiger partial charge in [-0.3, -0.25) is 5.43 Å². The average molecular weight is 318 g/mol. The van der Waals surface area contributed by atoms with Crippen molar-refractivity contribution in [2.75, 3.05) is 5.73 Å². The number of nitrogens with two attached hydrogens (primary N) is 1. The fourth-order valence-electron chi connectivity index (χ4n) is 2.91. The highest BCUT2D eigenvalue weighted by atomic mass is 32.1. The van der Waals surface area contributed by atoms with E-state index in [1.807, 2.05) is 31.2 Å². The van der Waals surface area contributed by atoms with E-state index in [0.29, 0.717) is 17.1 Å². The SMILES string of the molecule is C/C(=N/NC(=S)N[C@H]1CCC[C@@H](C)[C@H]1C)c1ccc(N)cc1. The standard InChI is InChI=1S/C17H26N4S/c1-11-5-4-6-16(12(11)2)19-17(22)21-20-13(3)14-7-9-15(18)10-8-14/h7-12,16H,4-6,18H2,1-3H3,(H2,19,21,22)/b20-13-/t11-,12-,16+/m1/s1. The molecule has 1 aliphatic carbocycles. The molecule has 120 valence electrons. The predicted octanol–water partition coefficient (Wildman–Crippen LogP) is 3.28. The normalized spacial score (nSPS) is 25.6. The van der Waals surface area contributed by atoms with Crippen LogP contribution >= 0.6 is 12.2 Å². The first-order valence-corrected chi connectivity index (χ1v) is 8.35. The Morgan fingerprint density at radius 1 is 1.23 bits per heavy atom. The van der Waals surface area contributed by atoms with E-state index in [2.05, 4.69) is 29.7 Å². The van der Waals surface area contributed by atoms with Crippen molar-refractivity contribution >= 4 is 28.7 Å². The second-order valence-electron chi connectivity index (χ2n) is 6.28. The van der Waals surface area contributed by atoms with E-state index in [9.17, 15) is 0 Å². The summed E-state index contributed by atoms with van der Waals surface area (Å²) in [4.78, 5) is 0. The maximum absolute atomic E-state index is 5.69. The number of hydrogen-bond donors (Lipinski definition) is 3. The highest BCUT2D eigenvalue weighted by Crippen LogP contribution is 2.29. The van der Waals surface area contributed by atoms with Gasteiger partial charge in [-0.05, 0) is 55.1 Å². The highest BCUT2D eigenvalue weighted by Gasteiger charge is 2.27. The Morgan fingerprint density at radius 2 is 1.91 bits per heavy atom. The van der Waals surface area contributed by atoms with E-state index in [1.54, 1.807) is 0 Å². The van der Waals surface area contributed by atoms with E-state index in [0.717, 1.165) is 22.9 Å². The summed E-state index contributed by atoms with van der Waals surface area (Å²) in [6.07, 6.45) is 3.75. The molecule has 0 aromatic heterocycles. The Morgan fingerprint density at radius 3 is 2.59 bits per heavy atom. The molecule has 0 unspecified atom stereocenters. The van der Waals surface area contributed by atoms with Gasteiger partial charge in [0.1, 0.15) is 0 Å². The van der Waals surface area contributed by atoms with Crippen molar-refractivity contribution in [3.05, 3.63) is 29.8 Å². The molecule has 0 bridgehead atoms. The molecular weight excluding hydrogens is 292 g/mol. The van der Waals surface area contributed by atoms with Gasteiger partial charge in [0.2, 0.25) is 0 Å². The number of benzene rings is 1. The highest BCUT2D eigenvalue weighted by molar-refractivity contribution is 7.80. The zero-order valence-electron chi connectivity index (χ0n) is 13.6.